The number of hydrogen-bond donors (Lipinski definition) is 0. The molecule has 1 aliphatic rings. The number of fused-ring (bicyclic) bond motifs is 1. The number of halogens is 1. The number of morpholine rings is 1. The van der Waals surface area contributed by atoms with Gasteiger partial charge in [0.1, 0.15) is 5.82 Å². The van der Waals surface area contributed by atoms with E-state index in [0.717, 1.165) is 6.42 Å². The van der Waals surface area contributed by atoms with Crippen molar-refractivity contribution < 1.29 is 13.9 Å². The van der Waals surface area contributed by atoms with E-state index in [2.05, 4.69) is 0 Å². The van der Waals surface area contributed by atoms with Gasteiger partial charge in [-0.25, -0.2) is 4.39 Å². The fourth-order valence-electron chi connectivity index (χ4n) is 2.77. The standard InChI is InChI=1S/C17H18FNO2/c1-2-12-11-19(9-10-21-12)17(20)15-7-8-16(18)14-6-4-3-5-13(14)15/h3-8,12H,2,9-11H2,1H3. The van der Waals surface area contributed by atoms with Crippen LogP contribution in [-0.2, 0) is 4.74 Å². The zero-order chi connectivity index (χ0) is 14.8. The first-order valence-electron chi connectivity index (χ1n) is 7.29. The van der Waals surface area contributed by atoms with Gasteiger partial charge in [-0.2, -0.15) is 0 Å². The molecule has 3 rings (SSSR count). The summed E-state index contributed by atoms with van der Waals surface area (Å²) in [5.41, 5.74) is 0.559. The van der Waals surface area contributed by atoms with Crippen molar-refractivity contribution in [3.63, 3.8) is 0 Å². The number of ether oxygens (including phenoxy) is 1. The largest absolute Gasteiger partial charge is 0.375 e. The quantitative estimate of drug-likeness (QED) is 0.848. The zero-order valence-corrected chi connectivity index (χ0v) is 12.0. The second-order valence-electron chi connectivity index (χ2n) is 5.29. The minimum Gasteiger partial charge on any atom is -0.375 e. The number of amides is 1. The molecule has 110 valence electrons. The second kappa shape index (κ2) is 5.82. The van der Waals surface area contributed by atoms with Crippen molar-refractivity contribution in [2.45, 2.75) is 19.4 Å². The molecule has 4 heteroatoms. The molecule has 1 unspecified atom stereocenters. The molecule has 1 heterocycles. The number of carbonyl (C=O) groups excluding carboxylic acids is 1. The molecule has 0 bridgehead atoms. The molecule has 0 radical (unpaired) electrons. The van der Waals surface area contributed by atoms with E-state index in [0.29, 0.717) is 36.0 Å². The maximum absolute atomic E-state index is 13.8. The Morgan fingerprint density at radius 1 is 1.29 bits per heavy atom. The minimum absolute atomic E-state index is 0.0482. The first-order valence-corrected chi connectivity index (χ1v) is 7.29. The van der Waals surface area contributed by atoms with Gasteiger partial charge in [-0.15, -0.1) is 0 Å². The zero-order valence-electron chi connectivity index (χ0n) is 12.0. The van der Waals surface area contributed by atoms with Gasteiger partial charge in [-0.3, -0.25) is 4.79 Å². The summed E-state index contributed by atoms with van der Waals surface area (Å²) in [6.07, 6.45) is 0.975. The normalized spacial score (nSPS) is 19.0. The summed E-state index contributed by atoms with van der Waals surface area (Å²) in [6.45, 7) is 3.79. The average molecular weight is 287 g/mol. The van der Waals surface area contributed by atoms with Crippen molar-refractivity contribution in [2.24, 2.45) is 0 Å². The Morgan fingerprint density at radius 2 is 2.05 bits per heavy atom. The molecule has 2 aromatic rings. The van der Waals surface area contributed by atoms with E-state index in [9.17, 15) is 9.18 Å². The number of nitrogens with zero attached hydrogens (tertiary/aromatic N) is 1. The summed E-state index contributed by atoms with van der Waals surface area (Å²) in [5.74, 6) is -0.344. The molecule has 1 aliphatic heterocycles. The Hall–Kier alpha value is -1.94. The third-order valence-electron chi connectivity index (χ3n) is 3.98. The molecule has 0 spiro atoms. The van der Waals surface area contributed by atoms with E-state index in [1.54, 1.807) is 29.2 Å². The van der Waals surface area contributed by atoms with Crippen LogP contribution in [0.15, 0.2) is 36.4 Å². The number of rotatable bonds is 2. The van der Waals surface area contributed by atoms with Crippen LogP contribution in [-0.4, -0.2) is 36.6 Å². The van der Waals surface area contributed by atoms with Gasteiger partial charge in [0.25, 0.3) is 5.91 Å². The Morgan fingerprint density at radius 3 is 2.81 bits per heavy atom. The van der Waals surface area contributed by atoms with Crippen LogP contribution in [0.5, 0.6) is 0 Å². The molecular formula is C17H18FNO2. The van der Waals surface area contributed by atoms with Crippen molar-refractivity contribution in [3.05, 3.63) is 47.8 Å². The Bertz CT molecular complexity index is 671. The van der Waals surface area contributed by atoms with E-state index >= 15 is 0 Å². The third kappa shape index (κ3) is 2.63. The van der Waals surface area contributed by atoms with Crippen LogP contribution in [0.1, 0.15) is 23.7 Å². The molecule has 0 aliphatic carbocycles. The van der Waals surface area contributed by atoms with Gasteiger partial charge in [0.2, 0.25) is 0 Å². The van der Waals surface area contributed by atoms with Crippen LogP contribution < -0.4 is 0 Å². The van der Waals surface area contributed by atoms with Gasteiger partial charge in [-0.1, -0.05) is 31.2 Å². The maximum atomic E-state index is 13.8. The highest BCUT2D eigenvalue weighted by Crippen LogP contribution is 2.24. The van der Waals surface area contributed by atoms with E-state index in [1.807, 2.05) is 13.0 Å². The maximum Gasteiger partial charge on any atom is 0.254 e. The van der Waals surface area contributed by atoms with E-state index < -0.39 is 0 Å². The molecule has 1 saturated heterocycles. The SMILES string of the molecule is CCC1CN(C(=O)c2ccc(F)c3ccccc23)CCO1. The van der Waals surface area contributed by atoms with E-state index in [-0.39, 0.29) is 17.8 Å². The number of hydrogen-bond acceptors (Lipinski definition) is 2. The Balaban J connectivity index is 1.96. The lowest BCUT2D eigenvalue weighted by atomic mass is 10.0. The Kier molecular flexibility index (Phi) is 3.88. The lowest BCUT2D eigenvalue weighted by Crippen LogP contribution is -2.45. The predicted molar refractivity (Wildman–Crippen MR) is 79.8 cm³/mol. The fraction of sp³-hybridized carbons (Fsp3) is 0.353. The fourth-order valence-corrected chi connectivity index (χ4v) is 2.77. The lowest BCUT2D eigenvalue weighted by Gasteiger charge is -2.32. The molecular weight excluding hydrogens is 269 g/mol. The van der Waals surface area contributed by atoms with Crippen molar-refractivity contribution in [1.29, 1.82) is 0 Å². The highest BCUT2D eigenvalue weighted by molar-refractivity contribution is 6.07. The summed E-state index contributed by atoms with van der Waals surface area (Å²) >= 11 is 0. The van der Waals surface area contributed by atoms with Crippen LogP contribution in [0.4, 0.5) is 4.39 Å². The summed E-state index contributed by atoms with van der Waals surface area (Å²) in [6, 6.07) is 10.1. The van der Waals surface area contributed by atoms with Crippen LogP contribution >= 0.6 is 0 Å². The summed E-state index contributed by atoms with van der Waals surface area (Å²) in [7, 11) is 0. The van der Waals surface area contributed by atoms with Crippen LogP contribution in [0, 0.1) is 5.82 Å². The van der Waals surface area contributed by atoms with Gasteiger partial charge in [0, 0.05) is 24.0 Å². The van der Waals surface area contributed by atoms with E-state index in [4.69, 9.17) is 4.74 Å². The highest BCUT2D eigenvalue weighted by atomic mass is 19.1. The average Bonchev–Trinajstić information content (AvgIpc) is 2.55. The first kappa shape index (κ1) is 14.0. The monoisotopic (exact) mass is 287 g/mol. The van der Waals surface area contributed by atoms with Crippen LogP contribution in [0.25, 0.3) is 10.8 Å². The molecule has 21 heavy (non-hydrogen) atoms. The molecule has 0 aromatic heterocycles. The van der Waals surface area contributed by atoms with Crippen molar-refractivity contribution in [1.82, 2.24) is 4.90 Å². The van der Waals surface area contributed by atoms with Crippen molar-refractivity contribution in [3.8, 4) is 0 Å². The van der Waals surface area contributed by atoms with Crippen molar-refractivity contribution >= 4 is 16.7 Å². The summed E-state index contributed by atoms with van der Waals surface area (Å²) in [4.78, 5) is 14.5. The predicted octanol–water partition coefficient (Wildman–Crippen LogP) is 3.23. The molecule has 1 atom stereocenters. The Labute approximate surface area is 123 Å². The van der Waals surface area contributed by atoms with Crippen LogP contribution in [0.2, 0.25) is 0 Å². The van der Waals surface area contributed by atoms with Gasteiger partial charge in [0.05, 0.1) is 12.7 Å². The number of benzene rings is 2. The highest BCUT2D eigenvalue weighted by Gasteiger charge is 2.25. The lowest BCUT2D eigenvalue weighted by molar-refractivity contribution is -0.0225. The van der Waals surface area contributed by atoms with Crippen LogP contribution in [0.3, 0.4) is 0 Å². The summed E-state index contributed by atoms with van der Waals surface area (Å²) < 4.78 is 19.4. The summed E-state index contributed by atoms with van der Waals surface area (Å²) in [5, 5.41) is 1.16. The molecule has 1 amide bonds. The smallest absolute Gasteiger partial charge is 0.254 e. The molecule has 0 N–H and O–H groups in total. The van der Waals surface area contributed by atoms with Gasteiger partial charge < -0.3 is 9.64 Å². The number of carbonyl (C=O) groups is 1. The molecule has 2 aromatic carbocycles. The minimum atomic E-state index is -0.296. The van der Waals surface area contributed by atoms with Gasteiger partial charge in [-0.05, 0) is 23.9 Å². The van der Waals surface area contributed by atoms with Gasteiger partial charge >= 0.3 is 0 Å². The second-order valence-corrected chi connectivity index (χ2v) is 5.29. The van der Waals surface area contributed by atoms with E-state index in [1.165, 1.54) is 6.07 Å². The van der Waals surface area contributed by atoms with Gasteiger partial charge in [0.15, 0.2) is 0 Å². The first-order chi connectivity index (χ1) is 10.2. The topological polar surface area (TPSA) is 29.5 Å². The molecule has 1 fully saturated rings. The van der Waals surface area contributed by atoms with Crippen molar-refractivity contribution in [2.75, 3.05) is 19.7 Å². The third-order valence-corrected chi connectivity index (χ3v) is 3.98. The molecule has 3 nitrogen and oxygen atoms in total. The molecule has 0 saturated carbocycles.